The molecule has 0 unspecified atom stereocenters. The maximum absolute atomic E-state index is 2.58. The zero-order valence-corrected chi connectivity index (χ0v) is 18.6. The van der Waals surface area contributed by atoms with E-state index in [-0.39, 0.29) is 0 Å². The summed E-state index contributed by atoms with van der Waals surface area (Å²) in [5.74, 6) is 0. The van der Waals surface area contributed by atoms with E-state index < -0.39 is 18.4 Å². The van der Waals surface area contributed by atoms with Gasteiger partial charge in [-0.15, -0.1) is 0 Å². The van der Waals surface area contributed by atoms with Gasteiger partial charge >= 0.3 is 148 Å². The van der Waals surface area contributed by atoms with Crippen molar-refractivity contribution in [3.8, 4) is 0 Å². The Balaban J connectivity index is 2.40. The monoisotopic (exact) mass is 421 g/mol. The van der Waals surface area contributed by atoms with E-state index in [2.05, 4.69) is 62.8 Å². The van der Waals surface area contributed by atoms with Crippen molar-refractivity contribution in [3.63, 3.8) is 0 Å². The third-order valence-corrected chi connectivity index (χ3v) is 21.1. The van der Waals surface area contributed by atoms with E-state index in [4.69, 9.17) is 0 Å². The second-order valence-corrected chi connectivity index (χ2v) is 20.5. The molecule has 0 spiro atoms. The molecule has 2 rings (SSSR count). The van der Waals surface area contributed by atoms with Crippen LogP contribution in [0, 0.1) is 0 Å². The topological polar surface area (TPSA) is 4.93 Å². The van der Waals surface area contributed by atoms with Crippen molar-refractivity contribution in [2.45, 2.75) is 72.6 Å². The molecule has 128 valence electrons. The number of aryl methyl sites for hydroxylation is 1. The summed E-state index contributed by atoms with van der Waals surface area (Å²) < 4.78 is 8.73. The predicted octanol–water partition coefficient (Wildman–Crippen LogP) is 6.23. The summed E-state index contributed by atoms with van der Waals surface area (Å²) in [5, 5.41) is 1.45. The second-order valence-electron chi connectivity index (χ2n) is 7.29. The number of nitrogens with zero attached hydrogens (tertiary/aromatic N) is 1. The quantitative estimate of drug-likeness (QED) is 0.402. The Morgan fingerprint density at radius 3 is 1.91 bits per heavy atom. The first-order valence-electron chi connectivity index (χ1n) is 9.72. The van der Waals surface area contributed by atoms with Crippen LogP contribution in [0.5, 0.6) is 0 Å². The Hall–Kier alpha value is -0.441. The van der Waals surface area contributed by atoms with Crippen LogP contribution >= 0.6 is 0 Å². The van der Waals surface area contributed by atoms with Gasteiger partial charge in [0.25, 0.3) is 0 Å². The van der Waals surface area contributed by atoms with Gasteiger partial charge in [-0.2, -0.15) is 0 Å². The summed E-state index contributed by atoms with van der Waals surface area (Å²) >= 11 is -2.25. The summed E-state index contributed by atoms with van der Waals surface area (Å²) in [6.45, 7) is 7.07. The van der Waals surface area contributed by atoms with Crippen LogP contribution in [0.4, 0.5) is 0 Å². The molecule has 0 amide bonds. The summed E-state index contributed by atoms with van der Waals surface area (Å²) in [6.07, 6.45) is 10.6. The number of rotatable bonds is 10. The van der Waals surface area contributed by atoms with Crippen molar-refractivity contribution >= 4 is 32.9 Å². The predicted molar refractivity (Wildman–Crippen MR) is 107 cm³/mol. The van der Waals surface area contributed by atoms with Gasteiger partial charge in [0.2, 0.25) is 0 Å². The SMILES string of the molecule is CCC[CH2][Sn]([CH2]CCC)([CH2]CCC)[c]1ccc2c(ccn2C)c1. The Labute approximate surface area is 147 Å². The van der Waals surface area contributed by atoms with E-state index in [0.29, 0.717) is 0 Å². The zero-order valence-electron chi connectivity index (χ0n) is 15.7. The molecule has 0 aliphatic carbocycles. The van der Waals surface area contributed by atoms with Crippen LogP contribution in [0.1, 0.15) is 59.3 Å². The molecular formula is C21H35NSn. The Morgan fingerprint density at radius 1 is 0.826 bits per heavy atom. The molecule has 1 aromatic heterocycles. The molecular weight excluding hydrogens is 385 g/mol. The molecule has 0 N–H and O–H groups in total. The van der Waals surface area contributed by atoms with Gasteiger partial charge < -0.3 is 0 Å². The molecule has 2 aromatic rings. The van der Waals surface area contributed by atoms with E-state index in [1.165, 1.54) is 49.4 Å². The van der Waals surface area contributed by atoms with Crippen molar-refractivity contribution in [1.82, 2.24) is 4.57 Å². The van der Waals surface area contributed by atoms with Gasteiger partial charge in [-0.3, -0.25) is 0 Å². The third kappa shape index (κ3) is 4.55. The Bertz CT molecular complexity index is 577. The fraction of sp³-hybridized carbons (Fsp3) is 0.619. The van der Waals surface area contributed by atoms with Gasteiger partial charge in [-0.25, -0.2) is 0 Å². The van der Waals surface area contributed by atoms with Crippen LogP contribution in [-0.4, -0.2) is 22.9 Å². The normalized spacial score (nSPS) is 12.2. The number of hydrogen-bond acceptors (Lipinski definition) is 0. The number of benzene rings is 1. The molecule has 0 saturated heterocycles. The number of fused-ring (bicyclic) bond motifs is 1. The molecule has 0 bridgehead atoms. The standard InChI is InChI=1S/C9H8N.3C4H9.Sn/c1-10-7-6-8-4-2-3-5-9(8)10;3*1-3-4-2;/h3-7H,1H3;3*1,3-4H2,2H3;. The minimum absolute atomic E-state index is 1.35. The van der Waals surface area contributed by atoms with E-state index in [0.717, 1.165) is 0 Å². The first kappa shape index (κ1) is 18.9. The molecule has 0 radical (unpaired) electrons. The number of hydrogen-bond donors (Lipinski definition) is 0. The van der Waals surface area contributed by atoms with Crippen LogP contribution < -0.4 is 3.58 Å². The van der Waals surface area contributed by atoms with E-state index in [1.807, 2.05) is 0 Å². The van der Waals surface area contributed by atoms with E-state index in [9.17, 15) is 0 Å². The molecule has 0 atom stereocenters. The molecule has 2 heteroatoms. The van der Waals surface area contributed by atoms with E-state index >= 15 is 0 Å². The maximum atomic E-state index is 2.58. The first-order chi connectivity index (χ1) is 11.2. The minimum atomic E-state index is -2.25. The summed E-state index contributed by atoms with van der Waals surface area (Å²) in [5.41, 5.74) is 1.38. The Morgan fingerprint density at radius 2 is 1.39 bits per heavy atom. The molecule has 0 aliphatic heterocycles. The van der Waals surface area contributed by atoms with Crippen LogP contribution in [-0.2, 0) is 7.05 Å². The molecule has 1 heterocycles. The van der Waals surface area contributed by atoms with Gasteiger partial charge in [0.15, 0.2) is 0 Å². The van der Waals surface area contributed by atoms with Crippen molar-refractivity contribution in [1.29, 1.82) is 0 Å². The van der Waals surface area contributed by atoms with Gasteiger partial charge in [-0.1, -0.05) is 0 Å². The summed E-state index contributed by atoms with van der Waals surface area (Å²) in [7, 11) is 2.16. The molecule has 0 fully saturated rings. The number of unbranched alkanes of at least 4 members (excludes halogenated alkanes) is 3. The average molecular weight is 420 g/mol. The van der Waals surface area contributed by atoms with Crippen molar-refractivity contribution in [3.05, 3.63) is 30.5 Å². The molecule has 0 saturated carbocycles. The first-order valence-corrected chi connectivity index (χ1v) is 17.2. The second kappa shape index (κ2) is 9.15. The summed E-state index contributed by atoms with van der Waals surface area (Å²) in [4.78, 5) is 0. The Kier molecular flexibility index (Phi) is 7.51. The van der Waals surface area contributed by atoms with Crippen LogP contribution in [0.25, 0.3) is 10.9 Å². The fourth-order valence-electron chi connectivity index (χ4n) is 3.97. The van der Waals surface area contributed by atoms with E-state index in [1.54, 1.807) is 16.9 Å². The fourth-order valence-corrected chi connectivity index (χ4v) is 20.0. The van der Waals surface area contributed by atoms with Crippen LogP contribution in [0.2, 0.25) is 13.3 Å². The molecule has 1 nitrogen and oxygen atoms in total. The zero-order chi connectivity index (χ0) is 16.7. The van der Waals surface area contributed by atoms with Gasteiger partial charge in [0.1, 0.15) is 0 Å². The van der Waals surface area contributed by atoms with Crippen LogP contribution in [0.3, 0.4) is 0 Å². The third-order valence-electron chi connectivity index (χ3n) is 5.52. The number of aromatic nitrogens is 1. The molecule has 1 aromatic carbocycles. The van der Waals surface area contributed by atoms with Crippen molar-refractivity contribution < 1.29 is 0 Å². The van der Waals surface area contributed by atoms with Gasteiger partial charge in [-0.05, 0) is 0 Å². The molecule has 23 heavy (non-hydrogen) atoms. The van der Waals surface area contributed by atoms with Crippen LogP contribution in [0.15, 0.2) is 30.5 Å². The average Bonchev–Trinajstić information content (AvgIpc) is 2.95. The van der Waals surface area contributed by atoms with Crippen molar-refractivity contribution in [2.24, 2.45) is 7.05 Å². The van der Waals surface area contributed by atoms with Gasteiger partial charge in [0, 0.05) is 0 Å². The summed E-state index contributed by atoms with van der Waals surface area (Å²) in [6, 6.07) is 9.78. The van der Waals surface area contributed by atoms with Gasteiger partial charge in [0.05, 0.1) is 0 Å². The van der Waals surface area contributed by atoms with Crippen molar-refractivity contribution in [2.75, 3.05) is 0 Å². The molecule has 0 aliphatic rings.